The van der Waals surface area contributed by atoms with Crippen LogP contribution in [0.25, 0.3) is 0 Å². The first-order valence-electron chi connectivity index (χ1n) is 6.90. The Morgan fingerprint density at radius 2 is 2.00 bits per heavy atom. The van der Waals surface area contributed by atoms with Gasteiger partial charge in [0.15, 0.2) is 0 Å². The standard InChI is InChI=1S/C17H22O2/c1-13(2)7-8-14-9-11-17(19,12-10-14)15-5-3-4-6-16(15)18/h3-6,9-11,13,18-19H,7-8,12H2,1-2H3. The summed E-state index contributed by atoms with van der Waals surface area (Å²) in [5.74, 6) is 0.835. The zero-order chi connectivity index (χ0) is 13.9. The summed E-state index contributed by atoms with van der Waals surface area (Å²) >= 11 is 0. The smallest absolute Gasteiger partial charge is 0.122 e. The second-order valence-electron chi connectivity index (χ2n) is 5.69. The van der Waals surface area contributed by atoms with Crippen molar-refractivity contribution in [3.63, 3.8) is 0 Å². The van der Waals surface area contributed by atoms with Crippen LogP contribution in [-0.4, -0.2) is 10.2 Å². The van der Waals surface area contributed by atoms with Crippen molar-refractivity contribution in [2.75, 3.05) is 0 Å². The Balaban J connectivity index is 2.10. The number of hydrogen-bond donors (Lipinski definition) is 2. The van der Waals surface area contributed by atoms with Gasteiger partial charge in [-0.3, -0.25) is 0 Å². The highest BCUT2D eigenvalue weighted by Crippen LogP contribution is 2.36. The fraction of sp³-hybridized carbons (Fsp3) is 0.412. The molecule has 102 valence electrons. The highest BCUT2D eigenvalue weighted by molar-refractivity contribution is 5.43. The van der Waals surface area contributed by atoms with Crippen LogP contribution in [-0.2, 0) is 5.60 Å². The van der Waals surface area contributed by atoms with Crippen molar-refractivity contribution in [2.24, 2.45) is 5.92 Å². The van der Waals surface area contributed by atoms with Gasteiger partial charge >= 0.3 is 0 Å². The molecule has 1 aliphatic rings. The molecule has 1 aromatic rings. The molecule has 1 aromatic carbocycles. The average molecular weight is 258 g/mol. The van der Waals surface area contributed by atoms with Gasteiger partial charge in [0.1, 0.15) is 11.4 Å². The number of aromatic hydroxyl groups is 1. The highest BCUT2D eigenvalue weighted by Gasteiger charge is 2.29. The van der Waals surface area contributed by atoms with Gasteiger partial charge in [0, 0.05) is 12.0 Å². The van der Waals surface area contributed by atoms with Gasteiger partial charge in [0.05, 0.1) is 0 Å². The van der Waals surface area contributed by atoms with Crippen molar-refractivity contribution >= 4 is 0 Å². The van der Waals surface area contributed by atoms with Gasteiger partial charge in [0.2, 0.25) is 0 Å². The maximum absolute atomic E-state index is 10.6. The van der Waals surface area contributed by atoms with E-state index >= 15 is 0 Å². The van der Waals surface area contributed by atoms with Crippen molar-refractivity contribution in [2.45, 2.75) is 38.7 Å². The van der Waals surface area contributed by atoms with Crippen molar-refractivity contribution in [3.05, 3.63) is 53.6 Å². The average Bonchev–Trinajstić information content (AvgIpc) is 2.38. The van der Waals surface area contributed by atoms with Gasteiger partial charge in [-0.1, -0.05) is 49.8 Å². The molecule has 0 fully saturated rings. The van der Waals surface area contributed by atoms with E-state index in [1.165, 1.54) is 5.57 Å². The Morgan fingerprint density at radius 1 is 1.26 bits per heavy atom. The van der Waals surface area contributed by atoms with Gasteiger partial charge in [-0.05, 0) is 30.9 Å². The monoisotopic (exact) mass is 258 g/mol. The van der Waals surface area contributed by atoms with Gasteiger partial charge in [-0.15, -0.1) is 0 Å². The zero-order valence-corrected chi connectivity index (χ0v) is 11.6. The van der Waals surface area contributed by atoms with Crippen LogP contribution in [0.3, 0.4) is 0 Å². The predicted molar refractivity (Wildman–Crippen MR) is 77.9 cm³/mol. The molecule has 0 spiro atoms. The molecule has 2 rings (SSSR count). The molecule has 0 saturated heterocycles. The highest BCUT2D eigenvalue weighted by atomic mass is 16.3. The lowest BCUT2D eigenvalue weighted by Gasteiger charge is -2.28. The van der Waals surface area contributed by atoms with E-state index in [2.05, 4.69) is 19.9 Å². The molecule has 0 amide bonds. The fourth-order valence-corrected chi connectivity index (χ4v) is 2.35. The van der Waals surface area contributed by atoms with Crippen molar-refractivity contribution in [1.29, 1.82) is 0 Å². The largest absolute Gasteiger partial charge is 0.508 e. The Bertz CT molecular complexity index is 500. The summed E-state index contributed by atoms with van der Waals surface area (Å²) in [6, 6.07) is 6.98. The molecule has 0 saturated carbocycles. The van der Waals surface area contributed by atoms with Crippen molar-refractivity contribution in [1.82, 2.24) is 0 Å². The van der Waals surface area contributed by atoms with Crippen LogP contribution in [0, 0.1) is 5.92 Å². The normalized spacial score (nSPS) is 22.6. The number of phenolic OH excluding ortho intramolecular Hbond substituents is 1. The summed E-state index contributed by atoms with van der Waals surface area (Å²) in [5.41, 5.74) is 0.770. The first-order chi connectivity index (χ1) is 9.01. The summed E-state index contributed by atoms with van der Waals surface area (Å²) in [7, 11) is 0. The number of hydrogen-bond acceptors (Lipinski definition) is 2. The van der Waals surface area contributed by atoms with Gasteiger partial charge in [-0.25, -0.2) is 0 Å². The number of benzene rings is 1. The third-order valence-electron chi connectivity index (χ3n) is 3.63. The molecule has 0 radical (unpaired) electrons. The SMILES string of the molecule is CC(C)CCC1=CCC(O)(c2ccccc2O)C=C1. The zero-order valence-electron chi connectivity index (χ0n) is 11.6. The summed E-state index contributed by atoms with van der Waals surface area (Å²) in [4.78, 5) is 0. The van der Waals surface area contributed by atoms with Gasteiger partial charge in [0.25, 0.3) is 0 Å². The van der Waals surface area contributed by atoms with E-state index in [9.17, 15) is 10.2 Å². The van der Waals surface area contributed by atoms with E-state index < -0.39 is 5.60 Å². The number of rotatable bonds is 4. The Kier molecular flexibility index (Phi) is 4.11. The van der Waals surface area contributed by atoms with Crippen LogP contribution in [0.15, 0.2) is 48.1 Å². The van der Waals surface area contributed by atoms with E-state index in [0.717, 1.165) is 12.8 Å². The first kappa shape index (κ1) is 13.9. The molecule has 1 unspecified atom stereocenters. The Morgan fingerprint density at radius 3 is 2.58 bits per heavy atom. The van der Waals surface area contributed by atoms with Crippen molar-refractivity contribution in [3.8, 4) is 5.75 Å². The molecule has 0 aliphatic heterocycles. The third-order valence-corrected chi connectivity index (χ3v) is 3.63. The number of para-hydroxylation sites is 1. The molecule has 1 atom stereocenters. The lowest BCUT2D eigenvalue weighted by atomic mass is 9.84. The van der Waals surface area contributed by atoms with Crippen LogP contribution in [0.1, 0.15) is 38.7 Å². The molecular formula is C17H22O2. The maximum atomic E-state index is 10.6. The summed E-state index contributed by atoms with van der Waals surface area (Å²) in [6.45, 7) is 4.43. The van der Waals surface area contributed by atoms with Crippen molar-refractivity contribution < 1.29 is 10.2 Å². The van der Waals surface area contributed by atoms with E-state index in [4.69, 9.17) is 0 Å². The van der Waals surface area contributed by atoms with Gasteiger partial charge in [-0.2, -0.15) is 0 Å². The minimum atomic E-state index is -1.08. The molecule has 2 nitrogen and oxygen atoms in total. The topological polar surface area (TPSA) is 40.5 Å². The maximum Gasteiger partial charge on any atom is 0.122 e. The number of aliphatic hydroxyl groups is 1. The van der Waals surface area contributed by atoms with Crippen LogP contribution in [0.4, 0.5) is 0 Å². The molecule has 1 aliphatic carbocycles. The van der Waals surface area contributed by atoms with E-state index in [1.54, 1.807) is 24.3 Å². The van der Waals surface area contributed by atoms with Crippen LogP contribution < -0.4 is 0 Å². The van der Waals surface area contributed by atoms with E-state index in [0.29, 0.717) is 17.9 Å². The Labute approximate surface area is 115 Å². The van der Waals surface area contributed by atoms with Crippen LogP contribution in [0.5, 0.6) is 5.75 Å². The fourth-order valence-electron chi connectivity index (χ4n) is 2.35. The molecule has 0 bridgehead atoms. The Hall–Kier alpha value is -1.54. The molecular weight excluding hydrogens is 236 g/mol. The molecule has 19 heavy (non-hydrogen) atoms. The number of phenols is 1. The quantitative estimate of drug-likeness (QED) is 0.859. The summed E-state index contributed by atoms with van der Waals surface area (Å²) in [5, 5.41) is 20.5. The minimum Gasteiger partial charge on any atom is -0.508 e. The molecule has 0 aromatic heterocycles. The predicted octanol–water partition coefficient (Wildman–Crippen LogP) is 3.90. The van der Waals surface area contributed by atoms with Crippen LogP contribution in [0.2, 0.25) is 0 Å². The summed E-state index contributed by atoms with van der Waals surface area (Å²) in [6.07, 6.45) is 8.59. The lowest BCUT2D eigenvalue weighted by molar-refractivity contribution is 0.0882. The lowest BCUT2D eigenvalue weighted by Crippen LogP contribution is -2.24. The second kappa shape index (κ2) is 5.62. The second-order valence-corrected chi connectivity index (χ2v) is 5.69. The van der Waals surface area contributed by atoms with E-state index in [1.807, 2.05) is 12.1 Å². The van der Waals surface area contributed by atoms with Gasteiger partial charge < -0.3 is 10.2 Å². The van der Waals surface area contributed by atoms with Crippen LogP contribution >= 0.6 is 0 Å². The van der Waals surface area contributed by atoms with E-state index in [-0.39, 0.29) is 5.75 Å². The minimum absolute atomic E-state index is 0.147. The third kappa shape index (κ3) is 3.27. The molecule has 2 heteroatoms. The first-order valence-corrected chi connectivity index (χ1v) is 6.90. The number of allylic oxidation sites excluding steroid dienone is 2. The molecule has 2 N–H and O–H groups in total. The summed E-state index contributed by atoms with van der Waals surface area (Å²) < 4.78 is 0. The molecule has 0 heterocycles.